The number of aromatic nitrogens is 2. The second-order valence-electron chi connectivity index (χ2n) is 5.27. The van der Waals surface area contributed by atoms with Crippen molar-refractivity contribution in [1.82, 2.24) is 15.3 Å². The Morgan fingerprint density at radius 3 is 3.00 bits per heavy atom. The van der Waals surface area contributed by atoms with Crippen molar-refractivity contribution < 1.29 is 4.79 Å². The predicted molar refractivity (Wildman–Crippen MR) is 78.3 cm³/mol. The van der Waals surface area contributed by atoms with Gasteiger partial charge < -0.3 is 16.0 Å². The lowest BCUT2D eigenvalue weighted by Crippen LogP contribution is -2.49. The van der Waals surface area contributed by atoms with E-state index in [1.165, 1.54) is 0 Å². The molecule has 0 spiro atoms. The molecule has 2 heterocycles. The lowest BCUT2D eigenvalue weighted by atomic mass is 10.1. The Kier molecular flexibility index (Phi) is 5.29. The number of anilines is 1. The van der Waals surface area contributed by atoms with Gasteiger partial charge in [0, 0.05) is 44.0 Å². The van der Waals surface area contributed by atoms with Crippen LogP contribution in [0.25, 0.3) is 0 Å². The number of nitrogens with one attached hydrogen (secondary N) is 1. The van der Waals surface area contributed by atoms with Crippen molar-refractivity contribution in [2.75, 3.05) is 18.0 Å². The van der Waals surface area contributed by atoms with Gasteiger partial charge >= 0.3 is 0 Å². The normalized spacial score (nSPS) is 20.5. The van der Waals surface area contributed by atoms with Gasteiger partial charge in [0.2, 0.25) is 11.9 Å². The molecular formula is C14H23N5O. The minimum absolute atomic E-state index is 0.0418. The summed E-state index contributed by atoms with van der Waals surface area (Å²) in [4.78, 5) is 22.5. The van der Waals surface area contributed by atoms with Gasteiger partial charge in [0.15, 0.2) is 0 Å². The van der Waals surface area contributed by atoms with Crippen molar-refractivity contribution in [3.05, 3.63) is 18.5 Å². The Morgan fingerprint density at radius 1 is 1.55 bits per heavy atom. The fourth-order valence-electron chi connectivity index (χ4n) is 2.40. The zero-order valence-corrected chi connectivity index (χ0v) is 12.0. The van der Waals surface area contributed by atoms with Crippen molar-refractivity contribution in [2.45, 2.75) is 44.7 Å². The van der Waals surface area contributed by atoms with Crippen LogP contribution in [0.5, 0.6) is 0 Å². The first-order valence-electron chi connectivity index (χ1n) is 7.26. The molecule has 0 aromatic carbocycles. The Hall–Kier alpha value is -1.69. The van der Waals surface area contributed by atoms with E-state index >= 15 is 0 Å². The average Bonchev–Trinajstić information content (AvgIpc) is 2.48. The molecule has 2 unspecified atom stereocenters. The van der Waals surface area contributed by atoms with Crippen LogP contribution in [0, 0.1) is 0 Å². The fraction of sp³-hybridized carbons (Fsp3) is 0.643. The van der Waals surface area contributed by atoms with Crippen molar-refractivity contribution in [1.29, 1.82) is 0 Å². The summed E-state index contributed by atoms with van der Waals surface area (Å²) >= 11 is 0. The average molecular weight is 277 g/mol. The van der Waals surface area contributed by atoms with Gasteiger partial charge in [-0.3, -0.25) is 4.79 Å². The van der Waals surface area contributed by atoms with E-state index < -0.39 is 0 Å². The van der Waals surface area contributed by atoms with E-state index in [4.69, 9.17) is 5.73 Å². The molecule has 3 N–H and O–H groups in total. The van der Waals surface area contributed by atoms with Crippen molar-refractivity contribution >= 4 is 11.9 Å². The molecule has 1 aliphatic heterocycles. The molecule has 110 valence electrons. The maximum absolute atomic E-state index is 11.9. The minimum Gasteiger partial charge on any atom is -0.352 e. The van der Waals surface area contributed by atoms with E-state index in [1.807, 2.05) is 6.92 Å². The molecule has 6 heteroatoms. The van der Waals surface area contributed by atoms with E-state index in [-0.39, 0.29) is 18.0 Å². The van der Waals surface area contributed by atoms with Gasteiger partial charge in [0.1, 0.15) is 0 Å². The molecule has 0 aliphatic carbocycles. The molecule has 0 saturated carbocycles. The van der Waals surface area contributed by atoms with Gasteiger partial charge in [-0.25, -0.2) is 9.97 Å². The molecule has 0 radical (unpaired) electrons. The van der Waals surface area contributed by atoms with Crippen LogP contribution in [0.2, 0.25) is 0 Å². The van der Waals surface area contributed by atoms with E-state index in [0.29, 0.717) is 6.42 Å². The number of nitrogens with zero attached hydrogens (tertiary/aromatic N) is 3. The Bertz CT molecular complexity index is 425. The Morgan fingerprint density at radius 2 is 2.30 bits per heavy atom. The second-order valence-corrected chi connectivity index (χ2v) is 5.27. The van der Waals surface area contributed by atoms with Crippen LogP contribution in [0.4, 0.5) is 5.95 Å². The molecule has 1 saturated heterocycles. The SMILES string of the molecule is CCC(N)CC(=O)NC1CCCN(c2ncccn2)C1. The summed E-state index contributed by atoms with van der Waals surface area (Å²) in [6.07, 6.45) is 6.73. The summed E-state index contributed by atoms with van der Waals surface area (Å²) in [5, 5.41) is 3.07. The molecule has 1 aromatic rings. The highest BCUT2D eigenvalue weighted by atomic mass is 16.1. The number of nitrogens with two attached hydrogens (primary N) is 1. The third-order valence-electron chi connectivity index (χ3n) is 3.59. The minimum atomic E-state index is -0.0489. The molecular weight excluding hydrogens is 254 g/mol. The maximum atomic E-state index is 11.9. The Labute approximate surface area is 119 Å². The summed E-state index contributed by atoms with van der Waals surface area (Å²) < 4.78 is 0. The van der Waals surface area contributed by atoms with E-state index in [1.54, 1.807) is 18.5 Å². The fourth-order valence-corrected chi connectivity index (χ4v) is 2.40. The standard InChI is InChI=1S/C14H23N5O/c1-2-11(15)9-13(20)18-12-5-3-8-19(10-12)14-16-6-4-7-17-14/h4,6-7,11-12H,2-3,5,8-10,15H2,1H3,(H,18,20). The van der Waals surface area contributed by atoms with Crippen LogP contribution in [-0.2, 0) is 4.79 Å². The zero-order valence-electron chi connectivity index (χ0n) is 12.0. The number of piperidine rings is 1. The number of hydrogen-bond acceptors (Lipinski definition) is 5. The monoisotopic (exact) mass is 277 g/mol. The van der Waals surface area contributed by atoms with Crippen molar-refractivity contribution in [3.8, 4) is 0 Å². The first-order valence-corrected chi connectivity index (χ1v) is 7.26. The van der Waals surface area contributed by atoms with E-state index in [0.717, 1.165) is 38.3 Å². The first-order chi connectivity index (χ1) is 9.69. The zero-order chi connectivity index (χ0) is 14.4. The molecule has 2 atom stereocenters. The topological polar surface area (TPSA) is 84.1 Å². The second kappa shape index (κ2) is 7.19. The highest BCUT2D eigenvalue weighted by Crippen LogP contribution is 2.15. The summed E-state index contributed by atoms with van der Waals surface area (Å²) in [5.74, 6) is 0.775. The van der Waals surface area contributed by atoms with Crippen LogP contribution in [0.15, 0.2) is 18.5 Å². The molecule has 1 aromatic heterocycles. The molecule has 1 aliphatic rings. The third-order valence-corrected chi connectivity index (χ3v) is 3.59. The molecule has 1 fully saturated rings. The van der Waals surface area contributed by atoms with Crippen molar-refractivity contribution in [3.63, 3.8) is 0 Å². The van der Waals surface area contributed by atoms with Crippen LogP contribution in [0.3, 0.4) is 0 Å². The number of hydrogen-bond donors (Lipinski definition) is 2. The number of amides is 1. The summed E-state index contributed by atoms with van der Waals surface area (Å²) in [5.41, 5.74) is 5.81. The highest BCUT2D eigenvalue weighted by molar-refractivity contribution is 5.77. The van der Waals surface area contributed by atoms with Crippen LogP contribution < -0.4 is 16.0 Å². The van der Waals surface area contributed by atoms with Gasteiger partial charge in [0.25, 0.3) is 0 Å². The van der Waals surface area contributed by atoms with Gasteiger partial charge in [-0.1, -0.05) is 6.92 Å². The lowest BCUT2D eigenvalue weighted by Gasteiger charge is -2.33. The summed E-state index contributed by atoms with van der Waals surface area (Å²) in [7, 11) is 0. The summed E-state index contributed by atoms with van der Waals surface area (Å²) in [6, 6.07) is 1.91. The number of carbonyl (C=O) groups is 1. The largest absolute Gasteiger partial charge is 0.352 e. The number of carbonyl (C=O) groups excluding carboxylic acids is 1. The molecule has 0 bridgehead atoms. The van der Waals surface area contributed by atoms with Gasteiger partial charge in [-0.05, 0) is 25.3 Å². The predicted octanol–water partition coefficient (Wildman–Crippen LogP) is 0.689. The van der Waals surface area contributed by atoms with Gasteiger partial charge in [0.05, 0.1) is 0 Å². The number of rotatable bonds is 5. The highest BCUT2D eigenvalue weighted by Gasteiger charge is 2.23. The summed E-state index contributed by atoms with van der Waals surface area (Å²) in [6.45, 7) is 3.69. The first kappa shape index (κ1) is 14.7. The molecule has 20 heavy (non-hydrogen) atoms. The smallest absolute Gasteiger partial charge is 0.225 e. The van der Waals surface area contributed by atoms with Gasteiger partial charge in [-0.15, -0.1) is 0 Å². The van der Waals surface area contributed by atoms with Crippen LogP contribution >= 0.6 is 0 Å². The van der Waals surface area contributed by atoms with Crippen molar-refractivity contribution in [2.24, 2.45) is 5.73 Å². The van der Waals surface area contributed by atoms with E-state index in [9.17, 15) is 4.79 Å². The molecule has 2 rings (SSSR count). The van der Waals surface area contributed by atoms with Crippen LogP contribution in [-0.4, -0.2) is 41.0 Å². The van der Waals surface area contributed by atoms with E-state index in [2.05, 4.69) is 20.2 Å². The molecule has 6 nitrogen and oxygen atoms in total. The Balaban J connectivity index is 1.86. The lowest BCUT2D eigenvalue weighted by molar-refractivity contribution is -0.122. The quantitative estimate of drug-likeness (QED) is 0.827. The maximum Gasteiger partial charge on any atom is 0.225 e. The third kappa shape index (κ3) is 4.16. The van der Waals surface area contributed by atoms with Crippen LogP contribution in [0.1, 0.15) is 32.6 Å². The molecule has 1 amide bonds. The van der Waals surface area contributed by atoms with Gasteiger partial charge in [-0.2, -0.15) is 0 Å².